The van der Waals surface area contributed by atoms with Crippen molar-refractivity contribution in [1.29, 1.82) is 0 Å². The first kappa shape index (κ1) is 29.6. The highest BCUT2D eigenvalue weighted by molar-refractivity contribution is 5.94. The van der Waals surface area contributed by atoms with Crippen molar-refractivity contribution in [1.82, 2.24) is 20.0 Å². The van der Waals surface area contributed by atoms with Crippen molar-refractivity contribution in [3.8, 4) is 0 Å². The van der Waals surface area contributed by atoms with Gasteiger partial charge in [0.25, 0.3) is 5.91 Å². The summed E-state index contributed by atoms with van der Waals surface area (Å²) in [5, 5.41) is 6.39. The van der Waals surface area contributed by atoms with Crippen LogP contribution in [0.25, 0.3) is 0 Å². The van der Waals surface area contributed by atoms with Gasteiger partial charge in [0.05, 0.1) is 0 Å². The molecule has 0 bridgehead atoms. The number of benzene rings is 3. The number of anilines is 1. The van der Waals surface area contributed by atoms with Gasteiger partial charge in [0.2, 0.25) is 0 Å². The molecule has 2 aliphatic heterocycles. The molecular formula is C32H41F2N5O. The Labute approximate surface area is 237 Å². The van der Waals surface area contributed by atoms with Crippen molar-refractivity contribution < 1.29 is 13.6 Å². The summed E-state index contributed by atoms with van der Waals surface area (Å²) in [4.78, 5) is 19.3. The van der Waals surface area contributed by atoms with E-state index >= 15 is 0 Å². The highest BCUT2D eigenvalue weighted by Crippen LogP contribution is 2.13. The summed E-state index contributed by atoms with van der Waals surface area (Å²) in [6.07, 6.45) is 1.92. The second-order valence-electron chi connectivity index (χ2n) is 10.3. The maximum atomic E-state index is 12.9. The summed E-state index contributed by atoms with van der Waals surface area (Å²) in [6, 6.07) is 21.1. The lowest BCUT2D eigenvalue weighted by Gasteiger charge is -2.34. The summed E-state index contributed by atoms with van der Waals surface area (Å²) >= 11 is 0. The topological polar surface area (TPSA) is 50.9 Å². The van der Waals surface area contributed by atoms with E-state index in [-0.39, 0.29) is 17.5 Å². The Kier molecular flexibility index (Phi) is 11.5. The quantitative estimate of drug-likeness (QED) is 0.443. The minimum Gasteiger partial charge on any atom is -0.388 e. The third kappa shape index (κ3) is 9.40. The van der Waals surface area contributed by atoms with Crippen LogP contribution in [0.3, 0.4) is 0 Å². The van der Waals surface area contributed by atoms with E-state index in [1.165, 1.54) is 29.8 Å². The van der Waals surface area contributed by atoms with E-state index in [0.717, 1.165) is 95.1 Å². The number of carbonyl (C=O) groups excluding carboxylic acids is 1. The SMILES string of the molecule is CNc1ccc(C(=O)N2CCN(CCc3ccc(F)cc3)CC2)cc1.Fc1ccc(CCN2CCNCC2)cc1. The first-order chi connectivity index (χ1) is 19.5. The first-order valence-electron chi connectivity index (χ1n) is 14.2. The molecule has 0 spiro atoms. The van der Waals surface area contributed by atoms with Crippen LogP contribution in [-0.2, 0) is 12.8 Å². The first-order valence-corrected chi connectivity index (χ1v) is 14.2. The molecule has 214 valence electrons. The Hall–Kier alpha value is -3.33. The predicted molar refractivity (Wildman–Crippen MR) is 158 cm³/mol. The average molecular weight is 550 g/mol. The van der Waals surface area contributed by atoms with Crippen LogP contribution in [0, 0.1) is 11.6 Å². The molecule has 8 heteroatoms. The van der Waals surface area contributed by atoms with Crippen LogP contribution in [-0.4, -0.2) is 93.1 Å². The van der Waals surface area contributed by atoms with Crippen molar-refractivity contribution in [3.63, 3.8) is 0 Å². The van der Waals surface area contributed by atoms with E-state index < -0.39 is 0 Å². The number of carbonyl (C=O) groups is 1. The number of hydrogen-bond acceptors (Lipinski definition) is 5. The predicted octanol–water partition coefficient (Wildman–Crippen LogP) is 4.14. The molecule has 0 radical (unpaired) electrons. The van der Waals surface area contributed by atoms with Crippen molar-refractivity contribution in [2.24, 2.45) is 0 Å². The molecule has 2 fully saturated rings. The fourth-order valence-electron chi connectivity index (χ4n) is 4.95. The second-order valence-corrected chi connectivity index (χ2v) is 10.3. The lowest BCUT2D eigenvalue weighted by molar-refractivity contribution is 0.0638. The average Bonchev–Trinajstić information content (AvgIpc) is 3.01. The molecule has 5 rings (SSSR count). The van der Waals surface area contributed by atoms with E-state index in [4.69, 9.17) is 0 Å². The highest BCUT2D eigenvalue weighted by atomic mass is 19.1. The molecule has 0 aromatic heterocycles. The maximum Gasteiger partial charge on any atom is 0.253 e. The number of amides is 1. The minimum absolute atomic E-state index is 0.0980. The summed E-state index contributed by atoms with van der Waals surface area (Å²) in [6.45, 7) is 9.68. The zero-order valence-corrected chi connectivity index (χ0v) is 23.4. The molecular weight excluding hydrogens is 508 g/mol. The van der Waals surface area contributed by atoms with Crippen LogP contribution >= 0.6 is 0 Å². The smallest absolute Gasteiger partial charge is 0.253 e. The van der Waals surface area contributed by atoms with Gasteiger partial charge < -0.3 is 20.4 Å². The van der Waals surface area contributed by atoms with Crippen LogP contribution in [0.5, 0.6) is 0 Å². The Bertz CT molecular complexity index is 1160. The van der Waals surface area contributed by atoms with Gasteiger partial charge in [-0.3, -0.25) is 9.69 Å². The largest absolute Gasteiger partial charge is 0.388 e. The van der Waals surface area contributed by atoms with Crippen molar-refractivity contribution in [2.75, 3.05) is 77.8 Å². The minimum atomic E-state index is -0.196. The molecule has 0 aliphatic carbocycles. The van der Waals surface area contributed by atoms with Crippen molar-refractivity contribution in [3.05, 3.63) is 101 Å². The van der Waals surface area contributed by atoms with Crippen molar-refractivity contribution >= 4 is 11.6 Å². The van der Waals surface area contributed by atoms with Gasteiger partial charge in [-0.25, -0.2) is 8.78 Å². The van der Waals surface area contributed by atoms with Gasteiger partial charge in [-0.1, -0.05) is 24.3 Å². The van der Waals surface area contributed by atoms with Crippen LogP contribution in [0.4, 0.5) is 14.5 Å². The van der Waals surface area contributed by atoms with Crippen LogP contribution in [0.1, 0.15) is 21.5 Å². The fraction of sp³-hybridized carbons (Fsp3) is 0.406. The molecule has 3 aromatic rings. The van der Waals surface area contributed by atoms with Crippen molar-refractivity contribution in [2.45, 2.75) is 12.8 Å². The number of nitrogens with zero attached hydrogens (tertiary/aromatic N) is 3. The zero-order valence-electron chi connectivity index (χ0n) is 23.4. The Balaban J connectivity index is 0.000000210. The lowest BCUT2D eigenvalue weighted by atomic mass is 10.1. The molecule has 6 nitrogen and oxygen atoms in total. The third-order valence-corrected chi connectivity index (χ3v) is 7.55. The van der Waals surface area contributed by atoms with Gasteiger partial charge in [0.15, 0.2) is 0 Å². The van der Waals surface area contributed by atoms with Crippen LogP contribution < -0.4 is 10.6 Å². The van der Waals surface area contributed by atoms with Gasteiger partial charge >= 0.3 is 0 Å². The number of halogens is 2. The maximum absolute atomic E-state index is 12.9. The fourth-order valence-corrected chi connectivity index (χ4v) is 4.95. The van der Waals surface area contributed by atoms with E-state index in [1.54, 1.807) is 0 Å². The Morgan fingerprint density at radius 3 is 1.65 bits per heavy atom. The van der Waals surface area contributed by atoms with Crippen LogP contribution in [0.15, 0.2) is 72.8 Å². The number of nitrogens with one attached hydrogen (secondary N) is 2. The standard InChI is InChI=1S/C20H24FN3O.C12H17FN2/c1-22-19-8-4-17(5-9-19)20(25)24-14-12-23(13-15-24)11-10-16-2-6-18(21)7-3-16;13-12-3-1-11(2-4-12)5-8-15-9-6-14-7-10-15/h2-9,22H,10-15H2,1H3;1-4,14H,5-10H2. The normalized spacial score (nSPS) is 16.2. The van der Waals surface area contributed by atoms with Gasteiger partial charge in [-0.05, 0) is 72.5 Å². The van der Waals surface area contributed by atoms with Gasteiger partial charge in [0, 0.05) is 83.7 Å². The third-order valence-electron chi connectivity index (χ3n) is 7.55. The van der Waals surface area contributed by atoms with E-state index in [1.807, 2.05) is 60.5 Å². The van der Waals surface area contributed by atoms with Crippen LogP contribution in [0.2, 0.25) is 0 Å². The Morgan fingerprint density at radius 2 is 1.18 bits per heavy atom. The van der Waals surface area contributed by atoms with E-state index in [0.29, 0.717) is 0 Å². The monoisotopic (exact) mass is 549 g/mol. The zero-order chi connectivity index (χ0) is 28.2. The molecule has 1 amide bonds. The molecule has 0 saturated carbocycles. The number of hydrogen-bond donors (Lipinski definition) is 2. The molecule has 2 N–H and O–H groups in total. The number of piperazine rings is 2. The van der Waals surface area contributed by atoms with E-state index in [2.05, 4.69) is 20.4 Å². The van der Waals surface area contributed by atoms with Gasteiger partial charge in [0.1, 0.15) is 11.6 Å². The summed E-state index contributed by atoms with van der Waals surface area (Å²) in [7, 11) is 1.86. The molecule has 3 aromatic carbocycles. The summed E-state index contributed by atoms with van der Waals surface area (Å²) < 4.78 is 25.6. The summed E-state index contributed by atoms with van der Waals surface area (Å²) in [5.74, 6) is -0.250. The molecule has 2 saturated heterocycles. The number of rotatable bonds is 8. The molecule has 2 heterocycles. The van der Waals surface area contributed by atoms with Gasteiger partial charge in [-0.2, -0.15) is 0 Å². The van der Waals surface area contributed by atoms with E-state index in [9.17, 15) is 13.6 Å². The Morgan fingerprint density at radius 1 is 0.700 bits per heavy atom. The highest BCUT2D eigenvalue weighted by Gasteiger charge is 2.22. The van der Waals surface area contributed by atoms with Gasteiger partial charge in [-0.15, -0.1) is 0 Å². The second kappa shape index (κ2) is 15.5. The summed E-state index contributed by atoms with van der Waals surface area (Å²) in [5.41, 5.74) is 4.10. The molecule has 0 atom stereocenters. The molecule has 0 unspecified atom stereocenters. The molecule has 2 aliphatic rings. The molecule has 40 heavy (non-hydrogen) atoms. The lowest BCUT2D eigenvalue weighted by Crippen LogP contribution is -2.49.